The predicted octanol–water partition coefficient (Wildman–Crippen LogP) is 3.37. The summed E-state index contributed by atoms with van der Waals surface area (Å²) < 4.78 is 1.08. The summed E-state index contributed by atoms with van der Waals surface area (Å²) in [5.41, 5.74) is 1.83. The number of aromatic nitrogens is 1. The lowest BCUT2D eigenvalue weighted by Crippen LogP contribution is -2.07. The van der Waals surface area contributed by atoms with Crippen molar-refractivity contribution in [1.82, 2.24) is 4.98 Å². The van der Waals surface area contributed by atoms with Crippen molar-refractivity contribution in [1.29, 1.82) is 5.26 Å². The summed E-state index contributed by atoms with van der Waals surface area (Å²) in [5, 5.41) is 12.1. The van der Waals surface area contributed by atoms with Crippen molar-refractivity contribution in [3.63, 3.8) is 0 Å². The molecule has 0 aliphatic heterocycles. The van der Waals surface area contributed by atoms with Gasteiger partial charge in [0.15, 0.2) is 0 Å². The van der Waals surface area contributed by atoms with Crippen LogP contribution < -0.4 is 5.32 Å². The quantitative estimate of drug-likeness (QED) is 0.942. The summed E-state index contributed by atoms with van der Waals surface area (Å²) in [6.07, 6.45) is 2.58. The summed E-state index contributed by atoms with van der Waals surface area (Å²) >= 11 is 3.41. The number of hydrogen-bond acceptors (Lipinski definition) is 3. The Morgan fingerprint density at radius 1 is 1.22 bits per heavy atom. The zero-order valence-electron chi connectivity index (χ0n) is 9.73. The number of rotatable bonds is 4. The van der Waals surface area contributed by atoms with Gasteiger partial charge in [0.1, 0.15) is 11.9 Å². The second-order valence-electron chi connectivity index (χ2n) is 3.81. The van der Waals surface area contributed by atoms with Crippen LogP contribution in [0.1, 0.15) is 11.1 Å². The lowest BCUT2D eigenvalue weighted by atomic mass is 10.1. The lowest BCUT2D eigenvalue weighted by molar-refractivity contribution is 1.00. The van der Waals surface area contributed by atoms with Crippen LogP contribution in [0.2, 0.25) is 0 Å². The zero-order chi connectivity index (χ0) is 12.8. The molecule has 0 radical (unpaired) electrons. The summed E-state index contributed by atoms with van der Waals surface area (Å²) in [4.78, 5) is 4.15. The van der Waals surface area contributed by atoms with Gasteiger partial charge in [0.25, 0.3) is 0 Å². The number of hydrogen-bond donors (Lipinski definition) is 1. The molecule has 3 nitrogen and oxygen atoms in total. The summed E-state index contributed by atoms with van der Waals surface area (Å²) in [6.45, 7) is 0.757. The molecule has 1 heterocycles. The average Bonchev–Trinajstić information content (AvgIpc) is 2.41. The van der Waals surface area contributed by atoms with Crippen LogP contribution >= 0.6 is 15.9 Å². The van der Waals surface area contributed by atoms with E-state index in [-0.39, 0.29) is 0 Å². The van der Waals surface area contributed by atoms with E-state index in [1.807, 2.05) is 12.1 Å². The van der Waals surface area contributed by atoms with Crippen molar-refractivity contribution in [2.45, 2.75) is 6.42 Å². The van der Waals surface area contributed by atoms with Crippen LogP contribution in [0.4, 0.5) is 5.82 Å². The molecule has 1 N–H and O–H groups in total. The van der Waals surface area contributed by atoms with E-state index in [2.05, 4.69) is 44.4 Å². The fourth-order valence-electron chi connectivity index (χ4n) is 1.61. The van der Waals surface area contributed by atoms with Crippen molar-refractivity contribution >= 4 is 21.7 Å². The number of nitriles is 1. The van der Waals surface area contributed by atoms with Gasteiger partial charge < -0.3 is 5.32 Å². The van der Waals surface area contributed by atoms with Gasteiger partial charge in [-0.1, -0.05) is 28.1 Å². The third-order valence-corrected chi connectivity index (χ3v) is 3.08. The fourth-order valence-corrected chi connectivity index (χ4v) is 1.88. The molecule has 0 atom stereocenters. The van der Waals surface area contributed by atoms with E-state index in [9.17, 15) is 0 Å². The molecule has 0 amide bonds. The summed E-state index contributed by atoms with van der Waals surface area (Å²) in [5.74, 6) is 0.650. The first-order chi connectivity index (χ1) is 8.79. The van der Waals surface area contributed by atoms with E-state index >= 15 is 0 Å². The normalized spacial score (nSPS) is 9.78. The first kappa shape index (κ1) is 12.6. The Balaban J connectivity index is 1.93. The van der Waals surface area contributed by atoms with Crippen LogP contribution in [-0.4, -0.2) is 11.5 Å². The highest BCUT2D eigenvalue weighted by atomic mass is 79.9. The highest BCUT2D eigenvalue weighted by Gasteiger charge is 2.01. The minimum atomic E-state index is 0.577. The highest BCUT2D eigenvalue weighted by molar-refractivity contribution is 9.10. The minimum Gasteiger partial charge on any atom is -0.369 e. The van der Waals surface area contributed by atoms with E-state index in [1.165, 1.54) is 5.56 Å². The number of anilines is 1. The smallest absolute Gasteiger partial charge is 0.143 e. The van der Waals surface area contributed by atoms with E-state index in [0.717, 1.165) is 17.4 Å². The standard InChI is InChI=1S/C14H12BrN3/c15-13-5-3-11(4-6-13)7-9-18-14-12(10-16)2-1-8-17-14/h1-6,8H,7,9H2,(H,17,18). The monoisotopic (exact) mass is 301 g/mol. The highest BCUT2D eigenvalue weighted by Crippen LogP contribution is 2.12. The largest absolute Gasteiger partial charge is 0.369 e. The molecule has 0 aliphatic carbocycles. The van der Waals surface area contributed by atoms with Gasteiger partial charge in [0.2, 0.25) is 0 Å². The SMILES string of the molecule is N#Cc1cccnc1NCCc1ccc(Br)cc1. The molecule has 2 rings (SSSR count). The molecule has 0 saturated heterocycles. The molecule has 0 unspecified atom stereocenters. The number of benzene rings is 1. The molecular weight excluding hydrogens is 290 g/mol. The summed E-state index contributed by atoms with van der Waals surface area (Å²) in [7, 11) is 0. The Morgan fingerprint density at radius 3 is 2.72 bits per heavy atom. The average molecular weight is 302 g/mol. The molecule has 0 fully saturated rings. The second-order valence-corrected chi connectivity index (χ2v) is 4.73. The molecule has 0 spiro atoms. The Hall–Kier alpha value is -1.86. The van der Waals surface area contributed by atoms with Crippen molar-refractivity contribution in [2.75, 3.05) is 11.9 Å². The first-order valence-corrected chi connectivity index (χ1v) is 6.42. The fraction of sp³-hybridized carbons (Fsp3) is 0.143. The molecule has 18 heavy (non-hydrogen) atoms. The maximum atomic E-state index is 8.93. The van der Waals surface area contributed by atoms with Gasteiger partial charge in [-0.15, -0.1) is 0 Å². The van der Waals surface area contributed by atoms with E-state index in [4.69, 9.17) is 5.26 Å². The van der Waals surface area contributed by atoms with Gasteiger partial charge in [0.05, 0.1) is 5.56 Å². The van der Waals surface area contributed by atoms with Crippen LogP contribution in [0.25, 0.3) is 0 Å². The molecule has 1 aromatic carbocycles. The zero-order valence-corrected chi connectivity index (χ0v) is 11.3. The second kappa shape index (κ2) is 6.18. The molecule has 0 bridgehead atoms. The lowest BCUT2D eigenvalue weighted by Gasteiger charge is -2.06. The van der Waals surface area contributed by atoms with Crippen molar-refractivity contribution in [3.8, 4) is 6.07 Å². The van der Waals surface area contributed by atoms with E-state index in [0.29, 0.717) is 11.4 Å². The first-order valence-electron chi connectivity index (χ1n) is 5.63. The van der Waals surface area contributed by atoms with Crippen molar-refractivity contribution < 1.29 is 0 Å². The molecule has 90 valence electrons. The molecule has 1 aromatic heterocycles. The Bertz CT molecular complexity index is 558. The van der Waals surface area contributed by atoms with E-state index < -0.39 is 0 Å². The van der Waals surface area contributed by atoms with Gasteiger partial charge in [0, 0.05) is 17.2 Å². The Kier molecular flexibility index (Phi) is 4.32. The van der Waals surface area contributed by atoms with Gasteiger partial charge in [-0.2, -0.15) is 5.26 Å². The molecular formula is C14H12BrN3. The van der Waals surface area contributed by atoms with Crippen LogP contribution in [-0.2, 0) is 6.42 Å². The third-order valence-electron chi connectivity index (χ3n) is 2.55. The Labute approximate surface area is 115 Å². The predicted molar refractivity (Wildman–Crippen MR) is 75.3 cm³/mol. The molecule has 0 aliphatic rings. The van der Waals surface area contributed by atoms with Crippen LogP contribution in [0.3, 0.4) is 0 Å². The number of pyridine rings is 1. The van der Waals surface area contributed by atoms with E-state index in [1.54, 1.807) is 18.3 Å². The van der Waals surface area contributed by atoms with Crippen LogP contribution in [0.15, 0.2) is 47.1 Å². The number of nitrogens with one attached hydrogen (secondary N) is 1. The van der Waals surface area contributed by atoms with Crippen molar-refractivity contribution in [2.24, 2.45) is 0 Å². The maximum absolute atomic E-state index is 8.93. The number of halogens is 1. The third kappa shape index (κ3) is 3.31. The number of nitrogens with zero attached hydrogens (tertiary/aromatic N) is 2. The van der Waals surface area contributed by atoms with Gasteiger partial charge in [-0.05, 0) is 36.2 Å². The topological polar surface area (TPSA) is 48.7 Å². The summed E-state index contributed by atoms with van der Waals surface area (Å²) in [6, 6.07) is 13.8. The minimum absolute atomic E-state index is 0.577. The van der Waals surface area contributed by atoms with Gasteiger partial charge in [-0.3, -0.25) is 0 Å². The van der Waals surface area contributed by atoms with Crippen LogP contribution in [0.5, 0.6) is 0 Å². The van der Waals surface area contributed by atoms with Crippen molar-refractivity contribution in [3.05, 3.63) is 58.2 Å². The van der Waals surface area contributed by atoms with Gasteiger partial charge >= 0.3 is 0 Å². The molecule has 0 saturated carbocycles. The molecule has 2 aromatic rings. The maximum Gasteiger partial charge on any atom is 0.143 e. The van der Waals surface area contributed by atoms with Crippen LogP contribution in [0, 0.1) is 11.3 Å². The van der Waals surface area contributed by atoms with Gasteiger partial charge in [-0.25, -0.2) is 4.98 Å². The molecule has 4 heteroatoms. The Morgan fingerprint density at radius 2 is 2.00 bits per heavy atom.